The molecule has 0 radical (unpaired) electrons. The van der Waals surface area contributed by atoms with E-state index >= 15 is 0 Å². The molecule has 0 aromatic heterocycles. The van der Waals surface area contributed by atoms with E-state index in [9.17, 15) is 35.7 Å². The maximum atomic E-state index is 14.2. The number of carbonyl (C=O) groups is 1. The zero-order chi connectivity index (χ0) is 37.8. The van der Waals surface area contributed by atoms with Gasteiger partial charge in [0, 0.05) is 0 Å². The second-order valence-corrected chi connectivity index (χ2v) is 16.7. The van der Waals surface area contributed by atoms with Crippen LogP contribution in [-0.4, -0.2) is 41.6 Å². The fraction of sp³-hybridized carbons (Fsp3) is 0.629. The van der Waals surface area contributed by atoms with Gasteiger partial charge in [0.1, 0.15) is 11.4 Å². The number of phosphoric ester groups is 1. The van der Waals surface area contributed by atoms with Crippen molar-refractivity contribution >= 4 is 13.9 Å². The van der Waals surface area contributed by atoms with Crippen molar-refractivity contribution in [3.8, 4) is 5.75 Å². The van der Waals surface area contributed by atoms with E-state index in [2.05, 4.69) is 5.32 Å². The van der Waals surface area contributed by atoms with E-state index in [0.29, 0.717) is 24.0 Å². The highest BCUT2D eigenvalue weighted by atomic mass is 31.2. The van der Waals surface area contributed by atoms with Gasteiger partial charge in [-0.2, -0.15) is 26.3 Å². The first-order valence-corrected chi connectivity index (χ1v) is 17.8. The largest absolute Gasteiger partial charge is 0.493 e. The molecule has 1 atom stereocenters. The highest BCUT2D eigenvalue weighted by Gasteiger charge is 2.45. The number of cyclic esters (lactones) is 1. The Balaban J connectivity index is 1.79. The van der Waals surface area contributed by atoms with E-state index in [0.717, 1.165) is 18.2 Å². The third kappa shape index (κ3) is 13.4. The van der Waals surface area contributed by atoms with E-state index < -0.39 is 59.7 Å². The van der Waals surface area contributed by atoms with Crippen LogP contribution in [0.3, 0.4) is 0 Å². The van der Waals surface area contributed by atoms with Gasteiger partial charge in [-0.25, -0.2) is 9.36 Å². The predicted octanol–water partition coefficient (Wildman–Crippen LogP) is 10.5. The summed E-state index contributed by atoms with van der Waals surface area (Å²) < 4.78 is 123. The smallest absolute Gasteiger partial charge is 0.475 e. The maximum Gasteiger partial charge on any atom is 0.475 e. The van der Waals surface area contributed by atoms with Gasteiger partial charge in [-0.15, -0.1) is 0 Å². The Morgan fingerprint density at radius 3 is 1.94 bits per heavy atom. The Bertz CT molecular complexity index is 1480. The minimum Gasteiger partial charge on any atom is -0.493 e. The minimum atomic E-state index is -4.75. The fourth-order valence-corrected chi connectivity index (χ4v) is 7.13. The lowest BCUT2D eigenvalue weighted by molar-refractivity contribution is -0.139. The summed E-state index contributed by atoms with van der Waals surface area (Å²) in [6.07, 6.45) is -8.59. The lowest BCUT2D eigenvalue weighted by Crippen LogP contribution is -2.51. The van der Waals surface area contributed by atoms with Gasteiger partial charge in [0.05, 0.1) is 41.1 Å². The summed E-state index contributed by atoms with van der Waals surface area (Å²) in [7, 11) is -4.21. The summed E-state index contributed by atoms with van der Waals surface area (Å²) in [5.41, 5.74) is -4.80. The fourth-order valence-electron chi connectivity index (χ4n) is 5.24. The summed E-state index contributed by atoms with van der Waals surface area (Å²) in [6.45, 7) is 13.1. The van der Waals surface area contributed by atoms with Gasteiger partial charge in [-0.3, -0.25) is 13.6 Å². The molecule has 0 saturated carbocycles. The van der Waals surface area contributed by atoms with Gasteiger partial charge in [0.2, 0.25) is 0 Å². The Labute approximate surface area is 290 Å². The molecular formula is C35H48F6NO7P. The zero-order valence-corrected chi connectivity index (χ0v) is 30.7. The number of aryl methyl sites for hydroxylation is 2. The molecule has 2 aromatic carbocycles. The van der Waals surface area contributed by atoms with Crippen LogP contribution in [0.1, 0.15) is 103 Å². The Morgan fingerprint density at radius 2 is 1.40 bits per heavy atom. The van der Waals surface area contributed by atoms with Crippen LogP contribution in [0.5, 0.6) is 5.75 Å². The van der Waals surface area contributed by atoms with Crippen LogP contribution >= 0.6 is 7.82 Å². The number of alkyl halides is 6. The predicted molar refractivity (Wildman–Crippen MR) is 176 cm³/mol. The van der Waals surface area contributed by atoms with Gasteiger partial charge in [0.15, 0.2) is 0 Å². The SMILES string of the molecule is CC(C)(C)OP(=O)(OC[C@@]1(CCc2ccc(OCCCc3ccc(C(F)(F)F)cc3)c(C(F)(F)F)c2)CCC(C)(C)OC(=O)N1)OC(C)(C)C. The Morgan fingerprint density at radius 1 is 0.820 bits per heavy atom. The number of nitrogens with one attached hydrogen (secondary N) is 1. The molecule has 1 aliphatic heterocycles. The summed E-state index contributed by atoms with van der Waals surface area (Å²) in [5.74, 6) is -0.385. The number of hydrogen-bond acceptors (Lipinski definition) is 7. The molecule has 1 fully saturated rings. The molecule has 0 aliphatic carbocycles. The summed E-state index contributed by atoms with van der Waals surface area (Å²) >= 11 is 0. The Hall–Kier alpha value is -2.80. The molecule has 1 amide bonds. The van der Waals surface area contributed by atoms with Crippen LogP contribution in [0.25, 0.3) is 0 Å². The second kappa shape index (κ2) is 15.4. The molecule has 2 aromatic rings. The van der Waals surface area contributed by atoms with Gasteiger partial charge in [-0.05, 0) is 129 Å². The van der Waals surface area contributed by atoms with Gasteiger partial charge in [0.25, 0.3) is 0 Å². The topological polar surface area (TPSA) is 92.3 Å². The van der Waals surface area contributed by atoms with E-state index in [1.807, 2.05) is 0 Å². The minimum absolute atomic E-state index is 0.0614. The number of amides is 1. The first-order valence-electron chi connectivity index (χ1n) is 16.3. The van der Waals surface area contributed by atoms with Crippen molar-refractivity contribution in [2.45, 2.75) is 129 Å². The first-order chi connectivity index (χ1) is 22.7. The van der Waals surface area contributed by atoms with Crippen molar-refractivity contribution in [3.05, 3.63) is 64.7 Å². The zero-order valence-electron chi connectivity index (χ0n) is 29.8. The Kier molecular flexibility index (Phi) is 12.8. The van der Waals surface area contributed by atoms with E-state index in [-0.39, 0.29) is 44.6 Å². The van der Waals surface area contributed by atoms with Crippen LogP contribution in [0.2, 0.25) is 0 Å². The average molecular weight is 740 g/mol. The third-order valence-corrected chi connectivity index (χ3v) is 9.59. The second-order valence-electron chi connectivity index (χ2n) is 15.2. The van der Waals surface area contributed by atoms with Crippen LogP contribution in [-0.2, 0) is 48.1 Å². The summed E-state index contributed by atoms with van der Waals surface area (Å²) in [6, 6.07) is 8.26. The third-order valence-electron chi connectivity index (χ3n) is 7.60. The molecular weight excluding hydrogens is 691 g/mol. The van der Waals surface area contributed by atoms with Crippen LogP contribution in [0.4, 0.5) is 31.1 Å². The van der Waals surface area contributed by atoms with Gasteiger partial charge < -0.3 is 14.8 Å². The van der Waals surface area contributed by atoms with Crippen molar-refractivity contribution in [2.75, 3.05) is 13.2 Å². The average Bonchev–Trinajstić information content (AvgIpc) is 3.05. The van der Waals surface area contributed by atoms with Crippen molar-refractivity contribution in [1.82, 2.24) is 5.32 Å². The molecule has 0 spiro atoms. The monoisotopic (exact) mass is 739 g/mol. The maximum absolute atomic E-state index is 14.2. The molecule has 1 saturated heterocycles. The molecule has 1 aliphatic rings. The summed E-state index contributed by atoms with van der Waals surface area (Å²) in [4.78, 5) is 12.9. The van der Waals surface area contributed by atoms with Crippen LogP contribution in [0.15, 0.2) is 42.5 Å². The first kappa shape index (κ1) is 41.6. The number of ether oxygens (including phenoxy) is 2. The molecule has 3 rings (SSSR count). The number of halogens is 6. The van der Waals surface area contributed by atoms with Crippen molar-refractivity contribution < 1.29 is 58.7 Å². The number of carbonyl (C=O) groups excluding carboxylic acids is 1. The molecule has 0 bridgehead atoms. The number of phosphoric acid groups is 1. The number of hydrogen-bond donors (Lipinski definition) is 1. The lowest BCUT2D eigenvalue weighted by atomic mass is 9.84. The van der Waals surface area contributed by atoms with Crippen LogP contribution < -0.4 is 10.1 Å². The van der Waals surface area contributed by atoms with Gasteiger partial charge >= 0.3 is 26.3 Å². The quantitative estimate of drug-likeness (QED) is 0.124. The number of alkyl carbamates (subject to hydrolysis) is 1. The van der Waals surface area contributed by atoms with E-state index in [1.165, 1.54) is 24.3 Å². The van der Waals surface area contributed by atoms with Crippen molar-refractivity contribution in [3.63, 3.8) is 0 Å². The molecule has 50 heavy (non-hydrogen) atoms. The van der Waals surface area contributed by atoms with E-state index in [4.69, 9.17) is 23.0 Å². The normalized spacial score (nSPS) is 19.0. The van der Waals surface area contributed by atoms with Crippen LogP contribution in [0, 0.1) is 0 Å². The highest BCUT2D eigenvalue weighted by molar-refractivity contribution is 7.48. The molecule has 1 heterocycles. The number of benzene rings is 2. The molecule has 8 nitrogen and oxygen atoms in total. The molecule has 1 N–H and O–H groups in total. The molecule has 15 heteroatoms. The standard InChI is InChI=1S/C35H48F6NO7P/c1-30(2,3)48-50(44,49-31(4,5)6)46-23-33(20-19-32(7,8)47-29(43)42-33)18-17-25-13-16-28(27(22-25)35(39,40)41)45-21-9-10-24-11-14-26(15-12-24)34(36,37)38/h11-16,22H,9-10,17-21,23H2,1-8H3,(H,42,43)/t33-/m1/s1. The lowest BCUT2D eigenvalue weighted by Gasteiger charge is -2.36. The molecule has 282 valence electrons. The summed E-state index contributed by atoms with van der Waals surface area (Å²) in [5, 5.41) is 2.81. The van der Waals surface area contributed by atoms with Gasteiger partial charge in [-0.1, -0.05) is 18.2 Å². The van der Waals surface area contributed by atoms with E-state index in [1.54, 1.807) is 55.4 Å². The molecule has 0 unspecified atom stereocenters. The van der Waals surface area contributed by atoms with Crippen molar-refractivity contribution in [1.29, 1.82) is 0 Å². The highest BCUT2D eigenvalue weighted by Crippen LogP contribution is 2.56. The van der Waals surface area contributed by atoms with Crippen molar-refractivity contribution in [2.24, 2.45) is 0 Å². The number of rotatable bonds is 13.